The van der Waals surface area contributed by atoms with Crippen molar-refractivity contribution in [1.82, 2.24) is 9.78 Å². The lowest BCUT2D eigenvalue weighted by molar-refractivity contribution is 0.263. The predicted molar refractivity (Wildman–Crippen MR) is 47.0 cm³/mol. The summed E-state index contributed by atoms with van der Waals surface area (Å²) in [5, 5.41) is 13.4. The van der Waals surface area contributed by atoms with Crippen LogP contribution in [0.3, 0.4) is 0 Å². The predicted octanol–water partition coefficient (Wildman–Crippen LogP) is 0.374. The van der Waals surface area contributed by atoms with E-state index in [2.05, 4.69) is 5.10 Å². The van der Waals surface area contributed by atoms with Crippen LogP contribution >= 0.6 is 11.6 Å². The molecule has 0 fully saturated rings. The van der Waals surface area contributed by atoms with E-state index in [4.69, 9.17) is 22.4 Å². The van der Waals surface area contributed by atoms with Crippen LogP contribution in [0.1, 0.15) is 17.4 Å². The normalized spacial score (nSPS) is 13.4. The fourth-order valence-corrected chi connectivity index (χ4v) is 1.44. The highest BCUT2D eigenvalue weighted by Crippen LogP contribution is 2.23. The molecular formula is C7H12ClN3O. The number of hydrogen-bond acceptors (Lipinski definition) is 3. The Morgan fingerprint density at radius 2 is 2.33 bits per heavy atom. The summed E-state index contributed by atoms with van der Waals surface area (Å²) in [6.45, 7) is 1.68. The van der Waals surface area contributed by atoms with Gasteiger partial charge in [-0.15, -0.1) is 0 Å². The third-order valence-corrected chi connectivity index (χ3v) is 2.21. The van der Waals surface area contributed by atoms with Crippen molar-refractivity contribution in [1.29, 1.82) is 0 Å². The Labute approximate surface area is 75.9 Å². The molecule has 0 saturated carbocycles. The molecule has 0 radical (unpaired) electrons. The van der Waals surface area contributed by atoms with E-state index in [1.54, 1.807) is 18.7 Å². The summed E-state index contributed by atoms with van der Waals surface area (Å²) < 4.78 is 1.60. The molecule has 1 heterocycles. The Kier molecular flexibility index (Phi) is 2.72. The molecule has 4 nitrogen and oxygen atoms in total. The molecule has 0 spiro atoms. The molecule has 3 N–H and O–H groups in total. The minimum absolute atomic E-state index is 0.126. The number of aryl methyl sites for hydroxylation is 2. The number of hydrogen-bond donors (Lipinski definition) is 2. The van der Waals surface area contributed by atoms with Gasteiger partial charge in [-0.3, -0.25) is 4.68 Å². The fraction of sp³-hybridized carbons (Fsp3) is 0.571. The summed E-state index contributed by atoms with van der Waals surface area (Å²) in [6.07, 6.45) is 0. The van der Waals surface area contributed by atoms with Gasteiger partial charge in [0.2, 0.25) is 0 Å². The Balaban J connectivity index is 3.13. The molecule has 1 aromatic heterocycles. The molecule has 0 aliphatic rings. The molecular weight excluding hydrogens is 178 g/mol. The highest BCUT2D eigenvalue weighted by Gasteiger charge is 2.16. The van der Waals surface area contributed by atoms with Gasteiger partial charge in [0.25, 0.3) is 0 Å². The van der Waals surface area contributed by atoms with Crippen LogP contribution in [0.15, 0.2) is 0 Å². The van der Waals surface area contributed by atoms with E-state index < -0.39 is 6.04 Å². The van der Waals surface area contributed by atoms with E-state index >= 15 is 0 Å². The van der Waals surface area contributed by atoms with Gasteiger partial charge in [-0.25, -0.2) is 0 Å². The third kappa shape index (κ3) is 1.46. The molecule has 0 aromatic carbocycles. The molecule has 1 unspecified atom stereocenters. The zero-order chi connectivity index (χ0) is 9.30. The topological polar surface area (TPSA) is 64.1 Å². The first-order valence-corrected chi connectivity index (χ1v) is 4.01. The number of nitrogens with two attached hydrogens (primary N) is 1. The summed E-state index contributed by atoms with van der Waals surface area (Å²) in [4.78, 5) is 0. The number of aromatic nitrogens is 2. The van der Waals surface area contributed by atoms with Crippen LogP contribution in [0, 0.1) is 6.92 Å². The monoisotopic (exact) mass is 189 g/mol. The molecule has 0 saturated heterocycles. The lowest BCUT2D eigenvalue weighted by Crippen LogP contribution is -2.18. The minimum atomic E-state index is -0.455. The van der Waals surface area contributed by atoms with Crippen molar-refractivity contribution in [2.24, 2.45) is 12.8 Å². The summed E-state index contributed by atoms with van der Waals surface area (Å²) in [5.74, 6) is 0. The number of aliphatic hydroxyl groups is 1. The van der Waals surface area contributed by atoms with Crippen molar-refractivity contribution in [3.05, 3.63) is 16.4 Å². The van der Waals surface area contributed by atoms with Gasteiger partial charge in [-0.2, -0.15) is 5.10 Å². The third-order valence-electron chi connectivity index (χ3n) is 1.74. The second-order valence-electron chi connectivity index (χ2n) is 2.70. The lowest BCUT2D eigenvalue weighted by atomic mass is 10.2. The van der Waals surface area contributed by atoms with E-state index in [0.717, 1.165) is 5.69 Å². The van der Waals surface area contributed by atoms with Crippen LogP contribution in [0.4, 0.5) is 0 Å². The maximum atomic E-state index is 8.82. The number of halogens is 1. The van der Waals surface area contributed by atoms with Crippen LogP contribution in [0.5, 0.6) is 0 Å². The van der Waals surface area contributed by atoms with E-state index in [1.807, 2.05) is 0 Å². The van der Waals surface area contributed by atoms with Gasteiger partial charge in [0, 0.05) is 7.05 Å². The quantitative estimate of drug-likeness (QED) is 0.707. The Morgan fingerprint density at radius 3 is 2.67 bits per heavy atom. The summed E-state index contributed by atoms with van der Waals surface area (Å²) >= 11 is 5.91. The summed E-state index contributed by atoms with van der Waals surface area (Å²) in [7, 11) is 1.75. The summed E-state index contributed by atoms with van der Waals surface area (Å²) in [6, 6.07) is -0.455. The molecule has 12 heavy (non-hydrogen) atoms. The SMILES string of the molecule is Cc1nn(C)c(C(N)CO)c1Cl. The van der Waals surface area contributed by atoms with Crippen molar-refractivity contribution < 1.29 is 5.11 Å². The molecule has 1 aromatic rings. The smallest absolute Gasteiger partial charge is 0.0864 e. The number of nitrogens with zero attached hydrogens (tertiary/aromatic N) is 2. The minimum Gasteiger partial charge on any atom is -0.394 e. The van der Waals surface area contributed by atoms with Gasteiger partial charge >= 0.3 is 0 Å². The Bertz CT molecular complexity index is 284. The highest BCUT2D eigenvalue weighted by molar-refractivity contribution is 6.31. The first kappa shape index (κ1) is 9.51. The zero-order valence-electron chi connectivity index (χ0n) is 7.08. The van der Waals surface area contributed by atoms with Crippen molar-refractivity contribution in [3.63, 3.8) is 0 Å². The van der Waals surface area contributed by atoms with Crippen LogP contribution in [0.2, 0.25) is 5.02 Å². The van der Waals surface area contributed by atoms with Crippen molar-refractivity contribution in [2.75, 3.05) is 6.61 Å². The first-order valence-electron chi connectivity index (χ1n) is 3.63. The fourth-order valence-electron chi connectivity index (χ4n) is 1.14. The van der Waals surface area contributed by atoms with Crippen LogP contribution < -0.4 is 5.73 Å². The van der Waals surface area contributed by atoms with Gasteiger partial charge < -0.3 is 10.8 Å². The van der Waals surface area contributed by atoms with Crippen molar-refractivity contribution in [3.8, 4) is 0 Å². The van der Waals surface area contributed by atoms with Gasteiger partial charge in [0.15, 0.2) is 0 Å². The van der Waals surface area contributed by atoms with Crippen molar-refractivity contribution in [2.45, 2.75) is 13.0 Å². The van der Waals surface area contributed by atoms with Gasteiger partial charge in [-0.05, 0) is 6.92 Å². The van der Waals surface area contributed by atoms with E-state index in [9.17, 15) is 0 Å². The standard InChI is InChI=1S/C7H12ClN3O/c1-4-6(8)7(5(9)3-12)11(2)10-4/h5,12H,3,9H2,1-2H3. The zero-order valence-corrected chi connectivity index (χ0v) is 7.84. The molecule has 1 rings (SSSR count). The number of rotatable bonds is 2. The van der Waals surface area contributed by atoms with Crippen molar-refractivity contribution >= 4 is 11.6 Å². The van der Waals surface area contributed by atoms with Crippen LogP contribution in [-0.4, -0.2) is 21.5 Å². The highest BCUT2D eigenvalue weighted by atomic mass is 35.5. The number of aliphatic hydroxyl groups excluding tert-OH is 1. The molecule has 1 atom stereocenters. The average Bonchev–Trinajstić information content (AvgIpc) is 2.26. The van der Waals surface area contributed by atoms with E-state index in [0.29, 0.717) is 10.7 Å². The molecule has 0 bridgehead atoms. The second kappa shape index (κ2) is 3.43. The maximum Gasteiger partial charge on any atom is 0.0864 e. The molecule has 5 heteroatoms. The average molecular weight is 190 g/mol. The van der Waals surface area contributed by atoms with E-state index in [-0.39, 0.29) is 6.61 Å². The Hall–Kier alpha value is -0.580. The van der Waals surface area contributed by atoms with Crippen LogP contribution in [-0.2, 0) is 7.05 Å². The molecule has 0 aliphatic heterocycles. The second-order valence-corrected chi connectivity index (χ2v) is 3.08. The van der Waals surface area contributed by atoms with E-state index in [1.165, 1.54) is 0 Å². The molecule has 68 valence electrons. The summed E-state index contributed by atoms with van der Waals surface area (Å²) in [5.41, 5.74) is 7.03. The first-order chi connectivity index (χ1) is 5.57. The molecule has 0 amide bonds. The van der Waals surface area contributed by atoms with Gasteiger partial charge in [0.05, 0.1) is 29.1 Å². The largest absolute Gasteiger partial charge is 0.394 e. The lowest BCUT2D eigenvalue weighted by Gasteiger charge is -2.08. The van der Waals surface area contributed by atoms with Gasteiger partial charge in [0.1, 0.15) is 0 Å². The van der Waals surface area contributed by atoms with Gasteiger partial charge in [-0.1, -0.05) is 11.6 Å². The maximum absolute atomic E-state index is 8.82. The van der Waals surface area contributed by atoms with Crippen LogP contribution in [0.25, 0.3) is 0 Å². The Morgan fingerprint density at radius 1 is 1.75 bits per heavy atom. The molecule has 0 aliphatic carbocycles.